The van der Waals surface area contributed by atoms with Gasteiger partial charge in [0.1, 0.15) is 0 Å². The highest BCUT2D eigenvalue weighted by molar-refractivity contribution is 5.09. The minimum atomic E-state index is 0.736. The minimum absolute atomic E-state index is 0.736. The molecule has 18 heavy (non-hydrogen) atoms. The van der Waals surface area contributed by atoms with Crippen LogP contribution in [-0.2, 0) is 13.5 Å². The predicted molar refractivity (Wildman–Crippen MR) is 75.6 cm³/mol. The van der Waals surface area contributed by atoms with Crippen molar-refractivity contribution in [3.05, 3.63) is 17.5 Å². The van der Waals surface area contributed by atoms with Gasteiger partial charge in [-0.25, -0.2) is 0 Å². The predicted octanol–water partition coefficient (Wildman–Crippen LogP) is 2.69. The number of rotatable bonds is 7. The molecule has 1 N–H and O–H groups in total. The van der Waals surface area contributed by atoms with Gasteiger partial charge >= 0.3 is 0 Å². The van der Waals surface area contributed by atoms with E-state index >= 15 is 0 Å². The first-order valence-corrected chi connectivity index (χ1v) is 7.27. The Labute approximate surface area is 111 Å². The Bertz CT molecular complexity index is 377. The molecule has 3 nitrogen and oxygen atoms in total. The highest BCUT2D eigenvalue weighted by atomic mass is 15.3. The molecule has 1 aromatic rings. The van der Waals surface area contributed by atoms with Crippen LogP contribution < -0.4 is 5.32 Å². The van der Waals surface area contributed by atoms with E-state index in [0.29, 0.717) is 0 Å². The van der Waals surface area contributed by atoms with Crippen LogP contribution in [0.25, 0.3) is 0 Å². The molecule has 1 unspecified atom stereocenters. The monoisotopic (exact) mass is 249 g/mol. The maximum absolute atomic E-state index is 4.45. The summed E-state index contributed by atoms with van der Waals surface area (Å²) in [5.41, 5.74) is 2.50. The van der Waals surface area contributed by atoms with Gasteiger partial charge in [0.05, 0.1) is 5.69 Å². The molecule has 2 rings (SSSR count). The second-order valence-corrected chi connectivity index (χ2v) is 6.28. The van der Waals surface area contributed by atoms with E-state index in [0.717, 1.165) is 36.5 Å². The van der Waals surface area contributed by atoms with Crippen molar-refractivity contribution in [2.45, 2.75) is 52.5 Å². The minimum Gasteiger partial charge on any atom is -0.314 e. The first-order chi connectivity index (χ1) is 8.54. The van der Waals surface area contributed by atoms with Gasteiger partial charge in [0.25, 0.3) is 0 Å². The van der Waals surface area contributed by atoms with Crippen LogP contribution in [-0.4, -0.2) is 22.4 Å². The summed E-state index contributed by atoms with van der Waals surface area (Å²) in [4.78, 5) is 0. The Morgan fingerprint density at radius 2 is 2.17 bits per heavy atom. The van der Waals surface area contributed by atoms with Crippen molar-refractivity contribution in [1.82, 2.24) is 15.1 Å². The van der Waals surface area contributed by atoms with E-state index in [4.69, 9.17) is 0 Å². The summed E-state index contributed by atoms with van der Waals surface area (Å²) in [6.07, 6.45) is 5.19. The van der Waals surface area contributed by atoms with Gasteiger partial charge in [-0.05, 0) is 57.1 Å². The molecule has 0 saturated heterocycles. The zero-order valence-electron chi connectivity index (χ0n) is 12.2. The fourth-order valence-electron chi connectivity index (χ4n) is 2.68. The molecular weight excluding hydrogens is 222 g/mol. The highest BCUT2D eigenvalue weighted by Gasteiger charge is 2.22. The van der Waals surface area contributed by atoms with Crippen LogP contribution in [0, 0.1) is 18.8 Å². The number of hydrogen-bond acceptors (Lipinski definition) is 2. The standard InChI is InChI=1S/C15H27N3/c1-11(2)7-13(10-16-14-5-6-14)9-15-8-12(3)17-18(15)4/h8,11,13-14,16H,5-7,9-10H2,1-4H3. The SMILES string of the molecule is Cc1cc(CC(CNC2CC2)CC(C)C)n(C)n1. The van der Waals surface area contributed by atoms with E-state index in [1.807, 2.05) is 4.68 Å². The Hall–Kier alpha value is -0.830. The van der Waals surface area contributed by atoms with E-state index in [9.17, 15) is 0 Å². The lowest BCUT2D eigenvalue weighted by Gasteiger charge is -2.19. The third kappa shape index (κ3) is 4.13. The molecule has 0 bridgehead atoms. The first-order valence-electron chi connectivity index (χ1n) is 7.27. The van der Waals surface area contributed by atoms with E-state index < -0.39 is 0 Å². The number of nitrogens with one attached hydrogen (secondary N) is 1. The summed E-state index contributed by atoms with van der Waals surface area (Å²) < 4.78 is 2.04. The summed E-state index contributed by atoms with van der Waals surface area (Å²) in [5, 5.41) is 8.13. The molecule has 102 valence electrons. The van der Waals surface area contributed by atoms with Gasteiger partial charge < -0.3 is 5.32 Å². The van der Waals surface area contributed by atoms with Crippen LogP contribution >= 0.6 is 0 Å². The summed E-state index contributed by atoms with van der Waals surface area (Å²) in [6.45, 7) is 7.87. The molecule has 0 aliphatic heterocycles. The third-order valence-electron chi connectivity index (χ3n) is 3.67. The zero-order chi connectivity index (χ0) is 13.1. The molecule has 1 aliphatic carbocycles. The van der Waals surface area contributed by atoms with Crippen molar-refractivity contribution in [3.8, 4) is 0 Å². The topological polar surface area (TPSA) is 29.9 Å². The molecular formula is C15H27N3. The Kier molecular flexibility index (Phi) is 4.44. The molecule has 1 fully saturated rings. The van der Waals surface area contributed by atoms with Gasteiger partial charge in [0.15, 0.2) is 0 Å². The lowest BCUT2D eigenvalue weighted by molar-refractivity contribution is 0.377. The molecule has 3 heteroatoms. The van der Waals surface area contributed by atoms with Crippen molar-refractivity contribution < 1.29 is 0 Å². The molecule has 0 spiro atoms. The molecule has 1 atom stereocenters. The van der Waals surface area contributed by atoms with E-state index in [1.165, 1.54) is 25.0 Å². The van der Waals surface area contributed by atoms with Crippen LogP contribution in [0.1, 0.15) is 44.5 Å². The fourth-order valence-corrected chi connectivity index (χ4v) is 2.68. The quantitative estimate of drug-likeness (QED) is 0.805. The van der Waals surface area contributed by atoms with E-state index in [2.05, 4.69) is 44.3 Å². The number of hydrogen-bond donors (Lipinski definition) is 1. The lowest BCUT2D eigenvalue weighted by atomic mass is 9.92. The molecule has 1 aliphatic rings. The maximum atomic E-state index is 4.45. The summed E-state index contributed by atoms with van der Waals surface area (Å²) >= 11 is 0. The van der Waals surface area contributed by atoms with Gasteiger partial charge in [0.2, 0.25) is 0 Å². The van der Waals surface area contributed by atoms with Crippen molar-refractivity contribution in [1.29, 1.82) is 0 Å². The molecule has 1 aromatic heterocycles. The number of aryl methyl sites for hydroxylation is 2. The summed E-state index contributed by atoms with van der Waals surface area (Å²) in [7, 11) is 2.06. The number of aromatic nitrogens is 2. The second-order valence-electron chi connectivity index (χ2n) is 6.28. The normalized spacial score (nSPS) is 17.4. The fraction of sp³-hybridized carbons (Fsp3) is 0.800. The maximum Gasteiger partial charge on any atom is 0.0596 e. The highest BCUT2D eigenvalue weighted by Crippen LogP contribution is 2.22. The van der Waals surface area contributed by atoms with Crippen LogP contribution in [0.5, 0.6) is 0 Å². The molecule has 0 amide bonds. The molecule has 1 heterocycles. The summed E-state index contributed by atoms with van der Waals surface area (Å²) in [6, 6.07) is 3.04. The van der Waals surface area contributed by atoms with Crippen molar-refractivity contribution in [2.24, 2.45) is 18.9 Å². The van der Waals surface area contributed by atoms with E-state index in [1.54, 1.807) is 0 Å². The largest absolute Gasteiger partial charge is 0.314 e. The lowest BCUT2D eigenvalue weighted by Crippen LogP contribution is -2.27. The average Bonchev–Trinajstić information content (AvgIpc) is 3.02. The van der Waals surface area contributed by atoms with Crippen LogP contribution in [0.2, 0.25) is 0 Å². The summed E-state index contributed by atoms with van der Waals surface area (Å²) in [5.74, 6) is 1.51. The zero-order valence-corrected chi connectivity index (χ0v) is 12.2. The molecule has 0 radical (unpaired) electrons. The van der Waals surface area contributed by atoms with Gasteiger partial charge in [0, 0.05) is 18.8 Å². The van der Waals surface area contributed by atoms with Crippen LogP contribution in [0.3, 0.4) is 0 Å². The first kappa shape index (κ1) is 13.6. The Balaban J connectivity index is 1.91. The van der Waals surface area contributed by atoms with Gasteiger partial charge in [-0.1, -0.05) is 13.8 Å². The van der Waals surface area contributed by atoms with Gasteiger partial charge in [-0.3, -0.25) is 4.68 Å². The average molecular weight is 249 g/mol. The number of nitrogens with zero attached hydrogens (tertiary/aromatic N) is 2. The van der Waals surface area contributed by atoms with Gasteiger partial charge in [-0.2, -0.15) is 5.10 Å². The smallest absolute Gasteiger partial charge is 0.0596 e. The van der Waals surface area contributed by atoms with Crippen molar-refractivity contribution >= 4 is 0 Å². The molecule has 0 aromatic carbocycles. The van der Waals surface area contributed by atoms with Crippen molar-refractivity contribution in [3.63, 3.8) is 0 Å². The van der Waals surface area contributed by atoms with Crippen LogP contribution in [0.15, 0.2) is 6.07 Å². The third-order valence-corrected chi connectivity index (χ3v) is 3.67. The Morgan fingerprint density at radius 1 is 1.44 bits per heavy atom. The van der Waals surface area contributed by atoms with E-state index in [-0.39, 0.29) is 0 Å². The van der Waals surface area contributed by atoms with Crippen LogP contribution in [0.4, 0.5) is 0 Å². The molecule has 1 saturated carbocycles. The Morgan fingerprint density at radius 3 is 2.67 bits per heavy atom. The van der Waals surface area contributed by atoms with Gasteiger partial charge in [-0.15, -0.1) is 0 Å². The second kappa shape index (κ2) is 5.87. The van der Waals surface area contributed by atoms with Crippen molar-refractivity contribution in [2.75, 3.05) is 6.54 Å².